The summed E-state index contributed by atoms with van der Waals surface area (Å²) in [6, 6.07) is 0. The highest BCUT2D eigenvalue weighted by Gasteiger charge is 2.01. The number of hydrogen-bond acceptors (Lipinski definition) is 3. The molecule has 15 heavy (non-hydrogen) atoms. The lowest BCUT2D eigenvalue weighted by Gasteiger charge is -2.04. The van der Waals surface area contributed by atoms with Gasteiger partial charge in [-0.3, -0.25) is 4.79 Å². The third-order valence-corrected chi connectivity index (χ3v) is 2.05. The normalized spacial score (nSPS) is 9.47. The van der Waals surface area contributed by atoms with E-state index in [4.69, 9.17) is 4.74 Å². The second kappa shape index (κ2) is 8.70. The van der Waals surface area contributed by atoms with Gasteiger partial charge in [-0.1, -0.05) is 6.58 Å². The zero-order valence-corrected chi connectivity index (χ0v) is 11.0. The highest BCUT2D eigenvalue weighted by atomic mass is 127. The Bertz CT molecular complexity index is 241. The van der Waals surface area contributed by atoms with E-state index in [2.05, 4.69) is 11.9 Å². The molecule has 0 aromatic heterocycles. The molecule has 0 aliphatic rings. The molecule has 0 heterocycles. The van der Waals surface area contributed by atoms with Gasteiger partial charge in [0.25, 0.3) is 3.91 Å². The summed E-state index contributed by atoms with van der Waals surface area (Å²) >= 11 is 1.70. The number of nitrogens with one attached hydrogen (secondary N) is 1. The largest absolute Gasteiger partial charge is 0.462 e. The van der Waals surface area contributed by atoms with Crippen molar-refractivity contribution in [3.63, 3.8) is 0 Å². The van der Waals surface area contributed by atoms with Gasteiger partial charge in [-0.05, 0) is 26.2 Å². The Hall–Kier alpha value is -0.590. The predicted molar refractivity (Wildman–Crippen MR) is 67.0 cm³/mol. The van der Waals surface area contributed by atoms with E-state index in [-0.39, 0.29) is 9.88 Å². The van der Waals surface area contributed by atoms with E-state index in [9.17, 15) is 9.59 Å². The van der Waals surface area contributed by atoms with Gasteiger partial charge in [-0.15, -0.1) is 0 Å². The van der Waals surface area contributed by atoms with Crippen LogP contribution in [0, 0.1) is 0 Å². The second-order valence-electron chi connectivity index (χ2n) is 3.18. The molecule has 0 aliphatic heterocycles. The van der Waals surface area contributed by atoms with Crippen LogP contribution in [0.4, 0.5) is 4.79 Å². The van der Waals surface area contributed by atoms with Crippen molar-refractivity contribution < 1.29 is 14.3 Å². The van der Waals surface area contributed by atoms with Gasteiger partial charge >= 0.3 is 5.97 Å². The Balaban J connectivity index is 3.22. The molecule has 0 radical (unpaired) electrons. The Kier molecular flexibility index (Phi) is 8.35. The Morgan fingerprint density at radius 1 is 1.33 bits per heavy atom. The fourth-order valence-electron chi connectivity index (χ4n) is 0.879. The molecule has 0 unspecified atom stereocenters. The van der Waals surface area contributed by atoms with Crippen molar-refractivity contribution in [2.45, 2.75) is 26.2 Å². The first kappa shape index (κ1) is 14.4. The van der Waals surface area contributed by atoms with Crippen molar-refractivity contribution in [3.05, 3.63) is 12.2 Å². The fraction of sp³-hybridized carbons (Fsp3) is 0.600. The van der Waals surface area contributed by atoms with Gasteiger partial charge in [0.05, 0.1) is 6.61 Å². The van der Waals surface area contributed by atoms with E-state index >= 15 is 0 Å². The summed E-state index contributed by atoms with van der Waals surface area (Å²) in [5, 5.41) is 2.69. The number of amides is 1. The number of carbonyl (C=O) groups is 2. The lowest BCUT2D eigenvalue weighted by atomic mass is 10.2. The van der Waals surface area contributed by atoms with Crippen LogP contribution in [0.25, 0.3) is 0 Å². The smallest absolute Gasteiger partial charge is 0.333 e. The third kappa shape index (κ3) is 9.71. The molecule has 0 aromatic rings. The summed E-state index contributed by atoms with van der Waals surface area (Å²) in [7, 11) is 0. The molecule has 0 atom stereocenters. The average molecular weight is 325 g/mol. The molecular weight excluding hydrogens is 309 g/mol. The molecule has 0 saturated heterocycles. The van der Waals surface area contributed by atoms with E-state index in [1.165, 1.54) is 0 Å². The molecule has 0 rings (SSSR count). The Labute approximate surface area is 104 Å². The molecule has 86 valence electrons. The average Bonchev–Trinajstić information content (AvgIpc) is 2.15. The van der Waals surface area contributed by atoms with Crippen LogP contribution in [0.3, 0.4) is 0 Å². The maximum Gasteiger partial charge on any atom is 0.333 e. The summed E-state index contributed by atoms with van der Waals surface area (Å²) in [5.41, 5.74) is 0.423. The van der Waals surface area contributed by atoms with Gasteiger partial charge < -0.3 is 10.1 Å². The van der Waals surface area contributed by atoms with Crippen molar-refractivity contribution in [3.8, 4) is 0 Å². The lowest BCUT2D eigenvalue weighted by Crippen LogP contribution is -2.17. The number of hydrogen-bond donors (Lipinski definition) is 1. The first-order valence-corrected chi connectivity index (χ1v) is 5.88. The highest BCUT2D eigenvalue weighted by Crippen LogP contribution is 1.98. The van der Waals surface area contributed by atoms with E-state index in [0.717, 1.165) is 19.3 Å². The highest BCUT2D eigenvalue weighted by molar-refractivity contribution is 14.1. The molecule has 0 saturated carbocycles. The van der Waals surface area contributed by atoms with Crippen LogP contribution in [0.5, 0.6) is 0 Å². The van der Waals surface area contributed by atoms with Gasteiger partial charge in [-0.25, -0.2) is 4.79 Å². The first-order valence-electron chi connectivity index (χ1n) is 4.80. The molecule has 0 spiro atoms. The van der Waals surface area contributed by atoms with E-state index in [1.807, 2.05) is 0 Å². The summed E-state index contributed by atoms with van der Waals surface area (Å²) in [5.74, 6) is -0.337. The first-order chi connectivity index (χ1) is 7.04. The van der Waals surface area contributed by atoms with Gasteiger partial charge in [0.15, 0.2) is 0 Å². The Morgan fingerprint density at radius 3 is 2.53 bits per heavy atom. The van der Waals surface area contributed by atoms with E-state index in [0.29, 0.717) is 18.7 Å². The van der Waals surface area contributed by atoms with Crippen molar-refractivity contribution >= 4 is 32.5 Å². The number of halogens is 1. The number of ether oxygens (including phenoxy) is 1. The second-order valence-corrected chi connectivity index (χ2v) is 4.16. The van der Waals surface area contributed by atoms with Crippen LogP contribution in [0.2, 0.25) is 0 Å². The van der Waals surface area contributed by atoms with Crippen LogP contribution < -0.4 is 5.32 Å². The summed E-state index contributed by atoms with van der Waals surface area (Å²) in [6.07, 6.45) is 2.65. The SMILES string of the molecule is C=C(C)C(=O)OCCCCCNC(=O)I. The van der Waals surface area contributed by atoms with Crippen molar-refractivity contribution in [2.75, 3.05) is 13.2 Å². The standard InChI is InChI=1S/C10H16INO3/c1-8(2)9(13)15-7-5-3-4-6-12-10(11)14/h1,3-7H2,2H3,(H,12,14). The molecule has 0 aromatic carbocycles. The molecular formula is C10H16INO3. The minimum Gasteiger partial charge on any atom is -0.462 e. The maximum atomic E-state index is 10.9. The van der Waals surface area contributed by atoms with Crippen LogP contribution >= 0.6 is 22.6 Å². The predicted octanol–water partition coefficient (Wildman–Crippen LogP) is 2.42. The molecule has 1 amide bonds. The minimum atomic E-state index is -0.337. The maximum absolute atomic E-state index is 10.9. The third-order valence-electron chi connectivity index (χ3n) is 1.67. The van der Waals surface area contributed by atoms with Gasteiger partial charge in [0, 0.05) is 34.7 Å². The minimum absolute atomic E-state index is 0.0405. The number of rotatable bonds is 7. The molecule has 5 heteroatoms. The number of carbonyl (C=O) groups excluding carboxylic acids is 2. The molecule has 0 bridgehead atoms. The monoisotopic (exact) mass is 325 g/mol. The number of esters is 1. The molecule has 0 aliphatic carbocycles. The lowest BCUT2D eigenvalue weighted by molar-refractivity contribution is -0.139. The van der Waals surface area contributed by atoms with Crippen LogP contribution in [0.1, 0.15) is 26.2 Å². The van der Waals surface area contributed by atoms with Crippen molar-refractivity contribution in [1.29, 1.82) is 0 Å². The summed E-state index contributed by atoms with van der Waals surface area (Å²) in [6.45, 7) is 6.20. The van der Waals surface area contributed by atoms with Crippen molar-refractivity contribution in [1.82, 2.24) is 5.32 Å². The van der Waals surface area contributed by atoms with E-state index < -0.39 is 0 Å². The fourth-order valence-corrected chi connectivity index (χ4v) is 1.15. The van der Waals surface area contributed by atoms with Gasteiger partial charge in [0.2, 0.25) is 0 Å². The number of unbranched alkanes of at least 4 members (excludes halogenated alkanes) is 2. The zero-order valence-electron chi connectivity index (χ0n) is 8.85. The van der Waals surface area contributed by atoms with Crippen LogP contribution in [-0.2, 0) is 9.53 Å². The summed E-state index contributed by atoms with van der Waals surface area (Å²) < 4.78 is 4.86. The van der Waals surface area contributed by atoms with Crippen molar-refractivity contribution in [2.24, 2.45) is 0 Å². The van der Waals surface area contributed by atoms with Gasteiger partial charge in [0.1, 0.15) is 0 Å². The van der Waals surface area contributed by atoms with Crippen LogP contribution in [-0.4, -0.2) is 23.0 Å². The molecule has 4 nitrogen and oxygen atoms in total. The topological polar surface area (TPSA) is 55.4 Å². The molecule has 1 N–H and O–H groups in total. The van der Waals surface area contributed by atoms with E-state index in [1.54, 1.807) is 29.5 Å². The molecule has 0 fully saturated rings. The zero-order chi connectivity index (χ0) is 11.7. The summed E-state index contributed by atoms with van der Waals surface area (Å²) in [4.78, 5) is 21.4. The quantitative estimate of drug-likeness (QED) is 0.195. The van der Waals surface area contributed by atoms with Gasteiger partial charge in [-0.2, -0.15) is 0 Å². The van der Waals surface area contributed by atoms with Crippen LogP contribution in [0.15, 0.2) is 12.2 Å². The Morgan fingerprint density at radius 2 is 2.00 bits per heavy atom.